The lowest BCUT2D eigenvalue weighted by Crippen LogP contribution is -2.74. The first-order valence-electron chi connectivity index (χ1n) is 13.6. The molecule has 5 nitrogen and oxygen atoms in total. The van der Waals surface area contributed by atoms with Crippen molar-refractivity contribution < 1.29 is 13.6 Å². The summed E-state index contributed by atoms with van der Waals surface area (Å²) in [5.74, 6) is -2.87. The Labute approximate surface area is 209 Å². The third-order valence-electron chi connectivity index (χ3n) is 9.37. The zero-order valence-corrected chi connectivity index (χ0v) is 21.8. The van der Waals surface area contributed by atoms with E-state index in [4.69, 9.17) is 0 Å². The Morgan fingerprint density at radius 2 is 1.69 bits per heavy atom. The summed E-state index contributed by atoms with van der Waals surface area (Å²) in [7, 11) is 0. The number of aryl methyl sites for hydroxylation is 1. The number of piperazine rings is 1. The molecule has 4 aliphatic heterocycles. The van der Waals surface area contributed by atoms with E-state index < -0.39 is 12.0 Å². The number of hydrogen-bond acceptors (Lipinski definition) is 3. The van der Waals surface area contributed by atoms with Gasteiger partial charge in [-0.15, -0.1) is 0 Å². The van der Waals surface area contributed by atoms with Crippen LogP contribution in [0.1, 0.15) is 70.4 Å². The summed E-state index contributed by atoms with van der Waals surface area (Å²) in [6, 6.07) is 8.33. The van der Waals surface area contributed by atoms with E-state index in [1.807, 2.05) is 0 Å². The number of urea groups is 1. The van der Waals surface area contributed by atoms with Gasteiger partial charge in [-0.3, -0.25) is 9.80 Å². The van der Waals surface area contributed by atoms with Crippen LogP contribution in [-0.4, -0.2) is 83.0 Å². The van der Waals surface area contributed by atoms with Gasteiger partial charge in [-0.05, 0) is 63.9 Å². The summed E-state index contributed by atoms with van der Waals surface area (Å²) in [4.78, 5) is 19.8. The first-order valence-corrected chi connectivity index (χ1v) is 13.6. The molecule has 2 unspecified atom stereocenters. The predicted molar refractivity (Wildman–Crippen MR) is 135 cm³/mol. The van der Waals surface area contributed by atoms with E-state index in [1.54, 1.807) is 4.90 Å². The lowest BCUT2D eigenvalue weighted by atomic mass is 9.74. The van der Waals surface area contributed by atoms with E-state index >= 15 is 8.78 Å². The molecule has 6 rings (SSSR count). The Hall–Kier alpha value is -1.73. The second-order valence-electron chi connectivity index (χ2n) is 12.1. The number of carbonyl (C=O) groups is 1. The molecule has 0 aromatic heterocycles. The normalized spacial score (nSPS) is 32.8. The number of alkyl halides is 2. The molecule has 0 spiro atoms. The van der Waals surface area contributed by atoms with Gasteiger partial charge in [-0.1, -0.05) is 36.8 Å². The number of amides is 2. The van der Waals surface area contributed by atoms with Crippen molar-refractivity contribution in [1.82, 2.24) is 20.0 Å². The smallest absolute Gasteiger partial charge is 0.317 e. The highest BCUT2D eigenvalue weighted by Crippen LogP contribution is 2.41. The van der Waals surface area contributed by atoms with Crippen LogP contribution in [-0.2, 0) is 5.41 Å². The number of fused-ring (bicyclic) bond motifs is 2. The largest absolute Gasteiger partial charge is 0.328 e. The number of nitrogens with zero attached hydrogens (tertiary/aromatic N) is 3. The van der Waals surface area contributed by atoms with E-state index in [0.717, 1.165) is 32.4 Å². The maximum atomic E-state index is 15.2. The summed E-state index contributed by atoms with van der Waals surface area (Å²) in [6.45, 7) is 11.6. The van der Waals surface area contributed by atoms with Gasteiger partial charge in [0.1, 0.15) is 6.04 Å². The van der Waals surface area contributed by atoms with Gasteiger partial charge in [0.2, 0.25) is 0 Å². The number of rotatable bonds is 4. The third kappa shape index (κ3) is 4.71. The van der Waals surface area contributed by atoms with Crippen LogP contribution in [0.5, 0.6) is 0 Å². The molecule has 2 bridgehead atoms. The molecule has 1 N–H and O–H groups in total. The summed E-state index contributed by atoms with van der Waals surface area (Å²) in [5, 5.41) is 2.85. The van der Waals surface area contributed by atoms with E-state index in [-0.39, 0.29) is 23.9 Å². The fraction of sp³-hybridized carbons (Fsp3) is 0.750. The first kappa shape index (κ1) is 24.9. The Morgan fingerprint density at radius 1 is 1.06 bits per heavy atom. The Bertz CT molecular complexity index is 900. The number of nitrogens with one attached hydrogen (secondary N) is 1. The van der Waals surface area contributed by atoms with E-state index in [1.165, 1.54) is 17.5 Å². The van der Waals surface area contributed by atoms with Gasteiger partial charge in [0.25, 0.3) is 5.92 Å². The summed E-state index contributed by atoms with van der Waals surface area (Å²) < 4.78 is 30.4. The fourth-order valence-corrected chi connectivity index (χ4v) is 7.20. The number of carbonyl (C=O) groups excluding carboxylic acids is 1. The molecular formula is C28H42F2N4O. The third-order valence-corrected chi connectivity index (χ3v) is 9.37. The lowest BCUT2D eigenvalue weighted by molar-refractivity contribution is -0.137. The minimum Gasteiger partial charge on any atom is -0.328 e. The Kier molecular flexibility index (Phi) is 6.62. The molecule has 5 fully saturated rings. The molecule has 7 heteroatoms. The Morgan fingerprint density at radius 3 is 2.29 bits per heavy atom. The summed E-state index contributed by atoms with van der Waals surface area (Å²) in [5.41, 5.74) is 2.54. The molecule has 4 saturated heterocycles. The van der Waals surface area contributed by atoms with Crippen LogP contribution >= 0.6 is 0 Å². The topological polar surface area (TPSA) is 38.8 Å². The zero-order valence-electron chi connectivity index (χ0n) is 21.8. The average Bonchev–Trinajstić information content (AvgIpc) is 2.80. The van der Waals surface area contributed by atoms with Crippen molar-refractivity contribution in [2.45, 2.75) is 108 Å². The SMILES string of the molecule is Cc1ccc(C2(C)CCN(C(=O)N[C@@H]3[C@@H](N4CC5CC(C4)N5C(C)C)CCCC3(F)F)CC2)cc1. The molecule has 5 aliphatic rings. The van der Waals surface area contributed by atoms with Crippen molar-refractivity contribution in [3.63, 3.8) is 0 Å². The highest BCUT2D eigenvalue weighted by molar-refractivity contribution is 5.75. The molecule has 1 saturated carbocycles. The van der Waals surface area contributed by atoms with Crippen LogP contribution in [0.15, 0.2) is 24.3 Å². The molecule has 4 heterocycles. The van der Waals surface area contributed by atoms with Crippen molar-refractivity contribution in [2.24, 2.45) is 0 Å². The van der Waals surface area contributed by atoms with Gasteiger partial charge in [0, 0.05) is 56.8 Å². The highest BCUT2D eigenvalue weighted by Gasteiger charge is 2.54. The van der Waals surface area contributed by atoms with Gasteiger partial charge in [-0.25, -0.2) is 13.6 Å². The number of likely N-dealkylation sites (tertiary alicyclic amines) is 1. The minimum atomic E-state index is -2.87. The molecule has 4 atom stereocenters. The number of halogens is 2. The quantitative estimate of drug-likeness (QED) is 0.663. The van der Waals surface area contributed by atoms with Crippen molar-refractivity contribution in [1.29, 1.82) is 0 Å². The molecule has 1 aromatic rings. The summed E-state index contributed by atoms with van der Waals surface area (Å²) in [6.07, 6.45) is 3.96. The molecule has 35 heavy (non-hydrogen) atoms. The van der Waals surface area contributed by atoms with Crippen molar-refractivity contribution in [3.05, 3.63) is 35.4 Å². The average molecular weight is 489 g/mol. The number of benzene rings is 1. The minimum absolute atomic E-state index is 0.0128. The van der Waals surface area contributed by atoms with E-state index in [2.05, 4.69) is 67.1 Å². The molecule has 1 aromatic carbocycles. The standard InChI is InChI=1S/C28H42F2N4O/c1-19(2)34-22-16-23(34)18-33(17-22)24-6-5-11-28(29,30)25(24)31-26(35)32-14-12-27(4,13-15-32)21-9-7-20(3)8-10-21/h7-10,19,22-25H,5-6,11-18H2,1-4H3,(H,31,35)/t22?,23?,24-,25+/m0/s1. The van der Waals surface area contributed by atoms with Crippen LogP contribution in [0.3, 0.4) is 0 Å². The van der Waals surface area contributed by atoms with Crippen molar-refractivity contribution in [3.8, 4) is 0 Å². The van der Waals surface area contributed by atoms with Crippen LogP contribution in [0.2, 0.25) is 0 Å². The van der Waals surface area contributed by atoms with Crippen LogP contribution in [0, 0.1) is 6.92 Å². The van der Waals surface area contributed by atoms with Crippen molar-refractivity contribution >= 4 is 6.03 Å². The number of piperidine rings is 2. The van der Waals surface area contributed by atoms with Crippen LogP contribution in [0.25, 0.3) is 0 Å². The number of hydrogen-bond donors (Lipinski definition) is 1. The van der Waals surface area contributed by atoms with Gasteiger partial charge < -0.3 is 10.2 Å². The second-order valence-corrected chi connectivity index (χ2v) is 12.1. The molecule has 194 valence electrons. The lowest BCUT2D eigenvalue weighted by Gasteiger charge is -2.60. The van der Waals surface area contributed by atoms with E-state index in [9.17, 15) is 4.79 Å². The molecular weight excluding hydrogens is 446 g/mol. The molecule has 2 amide bonds. The van der Waals surface area contributed by atoms with E-state index in [0.29, 0.717) is 37.6 Å². The van der Waals surface area contributed by atoms with Crippen LogP contribution < -0.4 is 5.32 Å². The maximum Gasteiger partial charge on any atom is 0.317 e. The summed E-state index contributed by atoms with van der Waals surface area (Å²) >= 11 is 0. The highest BCUT2D eigenvalue weighted by atomic mass is 19.3. The van der Waals surface area contributed by atoms with Gasteiger partial charge in [-0.2, -0.15) is 0 Å². The first-order chi connectivity index (χ1) is 16.6. The van der Waals surface area contributed by atoms with Gasteiger partial charge in [0.05, 0.1) is 0 Å². The molecule has 1 aliphatic carbocycles. The second kappa shape index (κ2) is 9.29. The predicted octanol–water partition coefficient (Wildman–Crippen LogP) is 4.78. The van der Waals surface area contributed by atoms with Gasteiger partial charge >= 0.3 is 6.03 Å². The maximum absolute atomic E-state index is 15.2. The van der Waals surface area contributed by atoms with Crippen molar-refractivity contribution in [2.75, 3.05) is 26.2 Å². The van der Waals surface area contributed by atoms with Crippen LogP contribution in [0.4, 0.5) is 13.6 Å². The monoisotopic (exact) mass is 488 g/mol. The molecule has 0 radical (unpaired) electrons. The van der Waals surface area contributed by atoms with Gasteiger partial charge in [0.15, 0.2) is 0 Å². The fourth-order valence-electron chi connectivity index (χ4n) is 7.20. The zero-order chi connectivity index (χ0) is 25.0. The Balaban J connectivity index is 1.23.